The quantitative estimate of drug-likeness (QED) is 0.0702. The van der Waals surface area contributed by atoms with Gasteiger partial charge in [-0.25, -0.2) is 9.78 Å². The van der Waals surface area contributed by atoms with Crippen molar-refractivity contribution >= 4 is 47.1 Å². The first kappa shape index (κ1) is 48.1. The first-order chi connectivity index (χ1) is 33.9. The first-order valence-electron chi connectivity index (χ1n) is 23.0. The Bertz CT molecular complexity index is 2860. The lowest BCUT2D eigenvalue weighted by Gasteiger charge is -2.37. The second-order valence-electron chi connectivity index (χ2n) is 17.0. The van der Waals surface area contributed by atoms with E-state index in [4.69, 9.17) is 19.5 Å². The standard InChI is InChI=1S/C51H51N9O10/c1-58-30-35(10-22-46(58)63)34-8-13-37(14-9-34)59(38-15-11-36(12-16-38)56-43-20-7-33(27-52)29-54-43)51(67)55-28-32-5-17-39(18-6-32)69-26-25-68-24-23-53-45(62)31-70-42-4-2-3-40-47(42)50(66)60(49(40)65)41-19-21-44(61)57-48(41)64/h2-10,13-14,17-18,20,22,29-30,36,38,41H,11-12,15-16,19,21,23-26,28,31H2,1H3,(H,53,62)(H,54,56)(H,55,67)(H,57,61,64)/t36-,38-,41?. The number of nitrogens with zero attached hydrogens (tertiary/aromatic N) is 5. The third-order valence-electron chi connectivity index (χ3n) is 12.3. The minimum absolute atomic E-state index is 0.00493. The SMILES string of the molecule is Cn1cc(-c2ccc(N(C(=O)NCc3ccc(OCCOCCNC(=O)COc4cccc5c4C(=O)N(C4CCC(=O)NC4=O)C5=O)cc3)[C@H]3CC[C@H](Nc4ccc(C#N)cn4)CC3)cc2)ccc1=O. The molecule has 0 spiro atoms. The van der Waals surface area contributed by atoms with Gasteiger partial charge in [0.05, 0.1) is 29.9 Å². The van der Waals surface area contributed by atoms with E-state index in [1.807, 2.05) is 53.4 Å². The van der Waals surface area contributed by atoms with Crippen LogP contribution < -0.4 is 41.2 Å². The maximum Gasteiger partial charge on any atom is 0.322 e. The molecular formula is C51H51N9O10. The summed E-state index contributed by atoms with van der Waals surface area (Å²) in [5.41, 5.74) is 3.83. The Balaban J connectivity index is 0.768. The third kappa shape index (κ3) is 11.5. The van der Waals surface area contributed by atoms with Crippen LogP contribution in [0.1, 0.15) is 70.4 Å². The number of hydrogen-bond donors (Lipinski definition) is 4. The summed E-state index contributed by atoms with van der Waals surface area (Å²) in [4.78, 5) is 96.0. The number of anilines is 2. The molecule has 7 amide bonds. The number of urea groups is 1. The zero-order valence-corrected chi connectivity index (χ0v) is 38.4. The van der Waals surface area contributed by atoms with Crippen LogP contribution in [0.15, 0.2) is 108 Å². The summed E-state index contributed by atoms with van der Waals surface area (Å²) >= 11 is 0. The number of carbonyl (C=O) groups is 6. The number of aromatic nitrogens is 2. The number of piperidine rings is 1. The summed E-state index contributed by atoms with van der Waals surface area (Å²) in [5, 5.41) is 20.5. The van der Waals surface area contributed by atoms with Gasteiger partial charge in [0.25, 0.3) is 17.7 Å². The van der Waals surface area contributed by atoms with Crippen molar-refractivity contribution in [2.45, 2.75) is 63.2 Å². The molecule has 0 bridgehead atoms. The second kappa shape index (κ2) is 22.2. The van der Waals surface area contributed by atoms with Crippen LogP contribution in [-0.4, -0.2) is 101 Å². The van der Waals surface area contributed by atoms with E-state index in [0.29, 0.717) is 17.1 Å². The maximum atomic E-state index is 14.1. The lowest BCUT2D eigenvalue weighted by molar-refractivity contribution is -0.136. The Morgan fingerprint density at radius 1 is 0.829 bits per heavy atom. The molecule has 19 nitrogen and oxygen atoms in total. The maximum absolute atomic E-state index is 14.1. The number of ether oxygens (including phenoxy) is 3. The Kier molecular flexibility index (Phi) is 15.2. The fourth-order valence-electron chi connectivity index (χ4n) is 8.65. The van der Waals surface area contributed by atoms with Gasteiger partial charge in [-0.15, -0.1) is 0 Å². The Hall–Kier alpha value is -8.37. The van der Waals surface area contributed by atoms with E-state index in [1.54, 1.807) is 37.6 Å². The molecule has 1 atom stereocenters. The van der Waals surface area contributed by atoms with E-state index in [0.717, 1.165) is 53.0 Å². The van der Waals surface area contributed by atoms with Crippen LogP contribution in [0, 0.1) is 11.3 Å². The molecule has 2 fully saturated rings. The van der Waals surface area contributed by atoms with Gasteiger partial charge in [0.1, 0.15) is 36.0 Å². The Morgan fingerprint density at radius 2 is 1.60 bits per heavy atom. The molecule has 0 radical (unpaired) electrons. The number of pyridine rings is 2. The summed E-state index contributed by atoms with van der Waals surface area (Å²) in [6.07, 6.45) is 6.49. The molecule has 8 rings (SSSR count). The highest BCUT2D eigenvalue weighted by molar-refractivity contribution is 6.24. The number of aryl methyl sites for hydroxylation is 1. The highest BCUT2D eigenvalue weighted by Crippen LogP contribution is 2.34. The smallest absolute Gasteiger partial charge is 0.322 e. The molecule has 3 aromatic carbocycles. The molecule has 360 valence electrons. The average molecular weight is 950 g/mol. The molecule has 1 unspecified atom stereocenters. The number of benzene rings is 3. The lowest BCUT2D eigenvalue weighted by atomic mass is 9.89. The fourth-order valence-corrected chi connectivity index (χ4v) is 8.65. The fraction of sp³-hybridized carbons (Fsp3) is 0.314. The van der Waals surface area contributed by atoms with Crippen LogP contribution in [0.4, 0.5) is 16.3 Å². The topological polar surface area (TPSA) is 243 Å². The highest BCUT2D eigenvalue weighted by atomic mass is 16.5. The van der Waals surface area contributed by atoms with Gasteiger partial charge in [-0.3, -0.25) is 43.9 Å². The predicted molar refractivity (Wildman–Crippen MR) is 255 cm³/mol. The van der Waals surface area contributed by atoms with Gasteiger partial charge in [0.2, 0.25) is 17.4 Å². The van der Waals surface area contributed by atoms with Crippen LogP contribution in [0.25, 0.3) is 11.1 Å². The molecule has 70 heavy (non-hydrogen) atoms. The van der Waals surface area contributed by atoms with Crippen LogP contribution >= 0.6 is 0 Å². The summed E-state index contributed by atoms with van der Waals surface area (Å²) in [7, 11) is 1.71. The second-order valence-corrected chi connectivity index (χ2v) is 17.0. The number of imide groups is 2. The van der Waals surface area contributed by atoms with Crippen molar-refractivity contribution < 1.29 is 43.0 Å². The van der Waals surface area contributed by atoms with E-state index in [1.165, 1.54) is 28.8 Å². The molecule has 2 aromatic heterocycles. The third-order valence-corrected chi connectivity index (χ3v) is 12.3. The number of rotatable bonds is 18. The van der Waals surface area contributed by atoms with Gasteiger partial charge in [0, 0.05) is 62.8 Å². The number of amides is 7. The minimum Gasteiger partial charge on any atom is -0.491 e. The largest absolute Gasteiger partial charge is 0.491 e. The van der Waals surface area contributed by atoms with Crippen molar-refractivity contribution in [3.63, 3.8) is 0 Å². The number of nitrogens with one attached hydrogen (secondary N) is 4. The minimum atomic E-state index is -1.12. The van der Waals surface area contributed by atoms with Gasteiger partial charge < -0.3 is 34.7 Å². The van der Waals surface area contributed by atoms with Crippen LogP contribution in [0.5, 0.6) is 11.5 Å². The number of hydrogen-bond acceptors (Lipinski definition) is 13. The molecule has 3 aliphatic rings. The molecule has 4 N–H and O–H groups in total. The average Bonchev–Trinajstić information content (AvgIpc) is 3.63. The van der Waals surface area contributed by atoms with Crippen molar-refractivity contribution in [2.24, 2.45) is 7.05 Å². The molecule has 1 saturated carbocycles. The van der Waals surface area contributed by atoms with Gasteiger partial charge in [-0.05, 0) is 103 Å². The Morgan fingerprint density at radius 3 is 2.31 bits per heavy atom. The molecule has 4 heterocycles. The van der Waals surface area contributed by atoms with Crippen molar-refractivity contribution in [1.29, 1.82) is 5.26 Å². The number of fused-ring (bicyclic) bond motifs is 1. The summed E-state index contributed by atoms with van der Waals surface area (Å²) in [6.45, 7) is 0.686. The van der Waals surface area contributed by atoms with E-state index < -0.39 is 42.2 Å². The summed E-state index contributed by atoms with van der Waals surface area (Å²) < 4.78 is 18.6. The first-order valence-corrected chi connectivity index (χ1v) is 23.0. The normalized spacial score (nSPS) is 17.5. The molecular weight excluding hydrogens is 899 g/mol. The number of carbonyl (C=O) groups excluding carboxylic acids is 6. The van der Waals surface area contributed by atoms with E-state index >= 15 is 0 Å². The molecule has 19 heteroatoms. The van der Waals surface area contributed by atoms with Crippen LogP contribution in [0.3, 0.4) is 0 Å². The van der Waals surface area contributed by atoms with Crippen molar-refractivity contribution in [2.75, 3.05) is 43.2 Å². The summed E-state index contributed by atoms with van der Waals surface area (Å²) in [5.74, 6) is -1.74. The molecule has 5 aromatic rings. The van der Waals surface area contributed by atoms with Gasteiger partial charge in [-0.2, -0.15) is 5.26 Å². The van der Waals surface area contributed by atoms with E-state index in [2.05, 4.69) is 32.3 Å². The molecule has 1 aliphatic carbocycles. The van der Waals surface area contributed by atoms with Crippen molar-refractivity contribution in [3.8, 4) is 28.7 Å². The van der Waals surface area contributed by atoms with E-state index in [-0.39, 0.29) is 86.3 Å². The van der Waals surface area contributed by atoms with Crippen LogP contribution in [0.2, 0.25) is 0 Å². The predicted octanol–water partition coefficient (Wildman–Crippen LogP) is 4.45. The monoisotopic (exact) mass is 949 g/mol. The van der Waals surface area contributed by atoms with Crippen molar-refractivity contribution in [3.05, 3.63) is 136 Å². The Labute approximate surface area is 402 Å². The van der Waals surface area contributed by atoms with Gasteiger partial charge >= 0.3 is 6.03 Å². The highest BCUT2D eigenvalue weighted by Gasteiger charge is 2.46. The van der Waals surface area contributed by atoms with Crippen LogP contribution in [-0.2, 0) is 32.7 Å². The molecule has 1 saturated heterocycles. The zero-order chi connectivity index (χ0) is 49.1. The van der Waals surface area contributed by atoms with Crippen molar-refractivity contribution in [1.82, 2.24) is 30.4 Å². The zero-order valence-electron chi connectivity index (χ0n) is 38.4. The lowest BCUT2D eigenvalue weighted by Crippen LogP contribution is -2.54. The van der Waals surface area contributed by atoms with Gasteiger partial charge in [0.15, 0.2) is 6.61 Å². The molecule has 2 aliphatic heterocycles. The van der Waals surface area contributed by atoms with Gasteiger partial charge in [-0.1, -0.05) is 30.3 Å². The number of nitriles is 1. The van der Waals surface area contributed by atoms with E-state index in [9.17, 15) is 33.6 Å². The summed E-state index contributed by atoms with van der Waals surface area (Å²) in [6, 6.07) is 27.3.